The lowest BCUT2D eigenvalue weighted by Gasteiger charge is -2.20. The van der Waals surface area contributed by atoms with Gasteiger partial charge in [0, 0.05) is 33.1 Å². The molecule has 6 heteroatoms. The summed E-state index contributed by atoms with van der Waals surface area (Å²) in [5.41, 5.74) is 1.07. The minimum atomic E-state index is -0.215. The molecule has 1 heterocycles. The lowest BCUT2D eigenvalue weighted by Crippen LogP contribution is -2.34. The Morgan fingerprint density at radius 2 is 2.00 bits per heavy atom. The molecule has 2 amide bonds. The second-order valence-corrected chi connectivity index (χ2v) is 6.03. The number of rotatable bonds is 7. The van der Waals surface area contributed by atoms with E-state index in [1.807, 2.05) is 25.1 Å². The predicted molar refractivity (Wildman–Crippen MR) is 91.2 cm³/mol. The van der Waals surface area contributed by atoms with Crippen molar-refractivity contribution in [3.63, 3.8) is 0 Å². The van der Waals surface area contributed by atoms with E-state index in [4.69, 9.17) is 9.47 Å². The summed E-state index contributed by atoms with van der Waals surface area (Å²) in [7, 11) is 4.98. The molecule has 1 aromatic carbocycles. The first kappa shape index (κ1) is 18.1. The first-order valence-electron chi connectivity index (χ1n) is 8.23. The Bertz CT molecular complexity index is 603. The highest BCUT2D eigenvalue weighted by molar-refractivity contribution is 5.89. The average molecular weight is 334 g/mol. The molecule has 0 aromatic heterocycles. The predicted octanol–water partition coefficient (Wildman–Crippen LogP) is 1.57. The Morgan fingerprint density at radius 3 is 2.62 bits per heavy atom. The normalized spacial score (nSPS) is 17.1. The van der Waals surface area contributed by atoms with Crippen LogP contribution in [0.4, 0.5) is 0 Å². The number of carbonyl (C=O) groups is 2. The number of likely N-dealkylation sites (tertiary alicyclic amines) is 1. The van der Waals surface area contributed by atoms with Crippen LogP contribution in [0.2, 0.25) is 0 Å². The van der Waals surface area contributed by atoms with E-state index in [-0.39, 0.29) is 17.7 Å². The van der Waals surface area contributed by atoms with Gasteiger partial charge in [-0.2, -0.15) is 0 Å². The van der Waals surface area contributed by atoms with Crippen LogP contribution in [-0.2, 0) is 16.0 Å². The first-order valence-corrected chi connectivity index (χ1v) is 8.23. The molecule has 1 aromatic rings. The summed E-state index contributed by atoms with van der Waals surface area (Å²) in [5, 5.41) is 0. The van der Waals surface area contributed by atoms with Crippen LogP contribution >= 0.6 is 0 Å². The van der Waals surface area contributed by atoms with Gasteiger partial charge in [0.15, 0.2) is 11.5 Å². The van der Waals surface area contributed by atoms with Crippen molar-refractivity contribution in [2.24, 2.45) is 5.92 Å². The zero-order valence-electron chi connectivity index (χ0n) is 14.9. The second kappa shape index (κ2) is 8.04. The number of nitrogens with zero attached hydrogens (tertiary/aromatic N) is 2. The highest BCUT2D eigenvalue weighted by atomic mass is 16.5. The molecular formula is C18H26N2O4. The van der Waals surface area contributed by atoms with Gasteiger partial charge in [-0.25, -0.2) is 0 Å². The van der Waals surface area contributed by atoms with Gasteiger partial charge in [-0.05, 0) is 31.0 Å². The summed E-state index contributed by atoms with van der Waals surface area (Å²) >= 11 is 0. The molecule has 1 atom stereocenters. The Labute approximate surface area is 143 Å². The van der Waals surface area contributed by atoms with E-state index in [0.717, 1.165) is 12.0 Å². The number of benzene rings is 1. The van der Waals surface area contributed by atoms with Crippen molar-refractivity contribution in [3.8, 4) is 11.5 Å². The fraction of sp³-hybridized carbons (Fsp3) is 0.556. The molecular weight excluding hydrogens is 308 g/mol. The number of carbonyl (C=O) groups excluding carboxylic acids is 2. The lowest BCUT2D eigenvalue weighted by molar-refractivity contribution is -0.134. The van der Waals surface area contributed by atoms with E-state index in [2.05, 4.69) is 0 Å². The Balaban J connectivity index is 1.95. The van der Waals surface area contributed by atoms with Crippen molar-refractivity contribution < 1.29 is 19.1 Å². The van der Waals surface area contributed by atoms with Gasteiger partial charge in [-0.1, -0.05) is 6.07 Å². The van der Waals surface area contributed by atoms with E-state index in [0.29, 0.717) is 37.6 Å². The largest absolute Gasteiger partial charge is 0.493 e. The maximum absolute atomic E-state index is 12.2. The average Bonchev–Trinajstić information content (AvgIpc) is 2.98. The molecule has 0 bridgehead atoms. The van der Waals surface area contributed by atoms with Crippen LogP contribution in [0.25, 0.3) is 0 Å². The van der Waals surface area contributed by atoms with Gasteiger partial charge in [0.05, 0.1) is 20.1 Å². The molecule has 0 N–H and O–H groups in total. The topological polar surface area (TPSA) is 59.1 Å². The van der Waals surface area contributed by atoms with Crippen LogP contribution in [0.3, 0.4) is 0 Å². The van der Waals surface area contributed by atoms with Gasteiger partial charge in [-0.3, -0.25) is 9.59 Å². The molecule has 0 saturated carbocycles. The quantitative estimate of drug-likeness (QED) is 0.759. The summed E-state index contributed by atoms with van der Waals surface area (Å²) in [5.74, 6) is 1.26. The SMILES string of the molecule is CCN(C)C(=O)C1CC(=O)N(CCc2ccc(OC)c(OC)c2)C1. The molecule has 24 heavy (non-hydrogen) atoms. The molecule has 132 valence electrons. The first-order chi connectivity index (χ1) is 11.5. The lowest BCUT2D eigenvalue weighted by atomic mass is 10.1. The van der Waals surface area contributed by atoms with Crippen LogP contribution in [-0.4, -0.2) is 62.5 Å². The fourth-order valence-electron chi connectivity index (χ4n) is 2.92. The number of methoxy groups -OCH3 is 2. The van der Waals surface area contributed by atoms with Crippen LogP contribution < -0.4 is 9.47 Å². The minimum Gasteiger partial charge on any atom is -0.493 e. The molecule has 0 aliphatic carbocycles. The summed E-state index contributed by atoms with van der Waals surface area (Å²) < 4.78 is 10.5. The Hall–Kier alpha value is -2.24. The molecule has 2 rings (SSSR count). The van der Waals surface area contributed by atoms with E-state index in [1.54, 1.807) is 31.1 Å². The number of ether oxygens (including phenoxy) is 2. The third-order valence-corrected chi connectivity index (χ3v) is 4.53. The summed E-state index contributed by atoms with van der Waals surface area (Å²) in [4.78, 5) is 27.8. The van der Waals surface area contributed by atoms with Crippen LogP contribution in [0.5, 0.6) is 11.5 Å². The van der Waals surface area contributed by atoms with Gasteiger partial charge in [0.25, 0.3) is 0 Å². The molecule has 6 nitrogen and oxygen atoms in total. The highest BCUT2D eigenvalue weighted by Crippen LogP contribution is 2.28. The minimum absolute atomic E-state index is 0.0540. The third-order valence-electron chi connectivity index (χ3n) is 4.53. The molecule has 0 spiro atoms. The molecule has 1 fully saturated rings. The van der Waals surface area contributed by atoms with Crippen LogP contribution in [0.1, 0.15) is 18.9 Å². The van der Waals surface area contributed by atoms with Gasteiger partial charge < -0.3 is 19.3 Å². The number of hydrogen-bond acceptors (Lipinski definition) is 4. The molecule has 1 unspecified atom stereocenters. The van der Waals surface area contributed by atoms with Crippen molar-refractivity contribution in [3.05, 3.63) is 23.8 Å². The summed E-state index contributed by atoms with van der Waals surface area (Å²) in [6.45, 7) is 3.71. The molecule has 0 radical (unpaired) electrons. The fourth-order valence-corrected chi connectivity index (χ4v) is 2.92. The standard InChI is InChI=1S/C18H26N2O4/c1-5-19(2)18(22)14-11-17(21)20(12-14)9-8-13-6-7-15(23-3)16(10-13)24-4/h6-7,10,14H,5,8-9,11-12H2,1-4H3. The maximum Gasteiger partial charge on any atom is 0.227 e. The smallest absolute Gasteiger partial charge is 0.227 e. The van der Waals surface area contributed by atoms with Crippen molar-refractivity contribution in [2.75, 3.05) is 40.9 Å². The van der Waals surface area contributed by atoms with Crippen LogP contribution in [0, 0.1) is 5.92 Å². The van der Waals surface area contributed by atoms with Crippen LogP contribution in [0.15, 0.2) is 18.2 Å². The molecule has 1 saturated heterocycles. The van der Waals surface area contributed by atoms with E-state index < -0.39 is 0 Å². The number of amides is 2. The molecule has 1 aliphatic heterocycles. The summed E-state index contributed by atoms with van der Waals surface area (Å²) in [6.07, 6.45) is 1.03. The summed E-state index contributed by atoms with van der Waals surface area (Å²) in [6, 6.07) is 5.75. The van der Waals surface area contributed by atoms with Gasteiger partial charge >= 0.3 is 0 Å². The van der Waals surface area contributed by atoms with Crippen molar-refractivity contribution >= 4 is 11.8 Å². The Kier molecular flexibility index (Phi) is 6.06. The maximum atomic E-state index is 12.2. The van der Waals surface area contributed by atoms with Gasteiger partial charge in [-0.15, -0.1) is 0 Å². The monoisotopic (exact) mass is 334 g/mol. The second-order valence-electron chi connectivity index (χ2n) is 6.03. The highest BCUT2D eigenvalue weighted by Gasteiger charge is 2.35. The zero-order chi connectivity index (χ0) is 17.7. The van der Waals surface area contributed by atoms with E-state index in [1.165, 1.54) is 0 Å². The van der Waals surface area contributed by atoms with Crippen molar-refractivity contribution in [1.29, 1.82) is 0 Å². The molecule has 1 aliphatic rings. The van der Waals surface area contributed by atoms with Crippen molar-refractivity contribution in [2.45, 2.75) is 19.8 Å². The van der Waals surface area contributed by atoms with Gasteiger partial charge in [0.1, 0.15) is 0 Å². The van der Waals surface area contributed by atoms with Crippen molar-refractivity contribution in [1.82, 2.24) is 9.80 Å². The zero-order valence-corrected chi connectivity index (χ0v) is 14.9. The van der Waals surface area contributed by atoms with Gasteiger partial charge in [0.2, 0.25) is 11.8 Å². The number of hydrogen-bond donors (Lipinski definition) is 0. The van der Waals surface area contributed by atoms with E-state index >= 15 is 0 Å². The Morgan fingerprint density at radius 1 is 1.29 bits per heavy atom. The van der Waals surface area contributed by atoms with E-state index in [9.17, 15) is 9.59 Å². The third kappa shape index (κ3) is 3.99.